The van der Waals surface area contributed by atoms with E-state index in [-0.39, 0.29) is 28.0 Å². The highest BCUT2D eigenvalue weighted by molar-refractivity contribution is 14.1. The van der Waals surface area contributed by atoms with Crippen molar-refractivity contribution < 1.29 is 27.4 Å². The average molecular weight is 390 g/mol. The van der Waals surface area contributed by atoms with Crippen LogP contribution in [0.1, 0.15) is 23.0 Å². The molecule has 2 N–H and O–H groups in total. The number of rotatable bonds is 4. The van der Waals surface area contributed by atoms with E-state index in [1.807, 2.05) is 0 Å². The van der Waals surface area contributed by atoms with E-state index in [2.05, 4.69) is 9.72 Å². The Kier molecular flexibility index (Phi) is 5.35. The van der Waals surface area contributed by atoms with E-state index in [1.54, 1.807) is 29.5 Å². The van der Waals surface area contributed by atoms with Gasteiger partial charge in [0.05, 0.1) is 21.4 Å². The van der Waals surface area contributed by atoms with E-state index < -0.39 is 18.2 Å². The van der Waals surface area contributed by atoms with Crippen LogP contribution in [0.15, 0.2) is 6.07 Å². The molecular weight excluding hydrogens is 380 g/mol. The van der Waals surface area contributed by atoms with E-state index in [0.717, 1.165) is 0 Å². The molecule has 19 heavy (non-hydrogen) atoms. The van der Waals surface area contributed by atoms with Gasteiger partial charge in [0.15, 0.2) is 0 Å². The molecule has 0 spiro atoms. The molecule has 1 aromatic rings. The summed E-state index contributed by atoms with van der Waals surface area (Å²) < 4.78 is 45.0. The van der Waals surface area contributed by atoms with Gasteiger partial charge >= 0.3 is 12.3 Å². The van der Waals surface area contributed by atoms with Crippen molar-refractivity contribution >= 4 is 28.6 Å². The van der Waals surface area contributed by atoms with Crippen LogP contribution in [0.5, 0.6) is 5.88 Å². The van der Waals surface area contributed by atoms with Crippen LogP contribution in [-0.4, -0.2) is 23.9 Å². The predicted octanol–water partition coefficient (Wildman–Crippen LogP) is 2.22. The third-order valence-corrected chi connectivity index (χ3v) is 2.70. The highest BCUT2D eigenvalue weighted by Gasteiger charge is 2.33. The van der Waals surface area contributed by atoms with Gasteiger partial charge in [-0.05, 0) is 35.6 Å². The third-order valence-electron chi connectivity index (χ3n) is 1.92. The molecule has 0 saturated heterocycles. The molecular formula is C10H10F3IN2O3. The number of carbonyl (C=O) groups excluding carboxylic acids is 1. The SMILES string of the molecule is CCOC(=O)c1cc(I)c(OC(F)(F)F)nc1CN. The molecule has 0 aromatic carbocycles. The zero-order chi connectivity index (χ0) is 14.6. The number of alkyl halides is 3. The topological polar surface area (TPSA) is 74.4 Å². The normalized spacial score (nSPS) is 11.3. The van der Waals surface area contributed by atoms with Crippen LogP contribution in [0.4, 0.5) is 13.2 Å². The van der Waals surface area contributed by atoms with Crippen molar-refractivity contribution in [1.29, 1.82) is 0 Å². The lowest BCUT2D eigenvalue weighted by Crippen LogP contribution is -2.21. The fraction of sp³-hybridized carbons (Fsp3) is 0.400. The second-order valence-electron chi connectivity index (χ2n) is 3.24. The zero-order valence-electron chi connectivity index (χ0n) is 9.75. The molecule has 9 heteroatoms. The van der Waals surface area contributed by atoms with Gasteiger partial charge in [-0.1, -0.05) is 0 Å². The third kappa shape index (κ3) is 4.49. The summed E-state index contributed by atoms with van der Waals surface area (Å²) in [6.07, 6.45) is -4.86. The first-order valence-electron chi connectivity index (χ1n) is 5.10. The number of nitrogens with two attached hydrogens (primary N) is 1. The Balaban J connectivity index is 3.17. The molecule has 0 radical (unpaired) electrons. The number of carbonyl (C=O) groups is 1. The summed E-state index contributed by atoms with van der Waals surface area (Å²) in [5, 5.41) is 0. The van der Waals surface area contributed by atoms with Gasteiger partial charge in [-0.25, -0.2) is 9.78 Å². The second-order valence-corrected chi connectivity index (χ2v) is 4.40. The minimum atomic E-state index is -4.86. The fourth-order valence-corrected chi connectivity index (χ4v) is 1.77. The fourth-order valence-electron chi connectivity index (χ4n) is 1.23. The van der Waals surface area contributed by atoms with Gasteiger partial charge in [-0.15, -0.1) is 13.2 Å². The van der Waals surface area contributed by atoms with Crippen molar-refractivity contribution in [3.05, 3.63) is 20.9 Å². The van der Waals surface area contributed by atoms with Crippen LogP contribution >= 0.6 is 22.6 Å². The van der Waals surface area contributed by atoms with E-state index >= 15 is 0 Å². The molecule has 0 aliphatic carbocycles. The molecule has 0 atom stereocenters. The smallest absolute Gasteiger partial charge is 0.462 e. The van der Waals surface area contributed by atoms with Crippen molar-refractivity contribution in [2.75, 3.05) is 6.61 Å². The minimum Gasteiger partial charge on any atom is -0.462 e. The molecule has 0 aliphatic rings. The van der Waals surface area contributed by atoms with E-state index in [4.69, 9.17) is 10.5 Å². The van der Waals surface area contributed by atoms with Gasteiger partial charge in [-0.3, -0.25) is 0 Å². The number of aromatic nitrogens is 1. The monoisotopic (exact) mass is 390 g/mol. The standard InChI is InChI=1S/C10H10F3IN2O3/c1-2-18-9(17)5-3-6(14)8(16-7(5)4-15)19-10(11,12)13/h3H,2,4,15H2,1H3. The Morgan fingerprint density at radius 1 is 1.53 bits per heavy atom. The summed E-state index contributed by atoms with van der Waals surface area (Å²) in [5.74, 6) is -1.33. The first-order valence-corrected chi connectivity index (χ1v) is 6.18. The van der Waals surface area contributed by atoms with Gasteiger partial charge in [0.25, 0.3) is 0 Å². The number of nitrogens with zero attached hydrogens (tertiary/aromatic N) is 1. The maximum absolute atomic E-state index is 12.1. The lowest BCUT2D eigenvalue weighted by molar-refractivity contribution is -0.276. The molecule has 0 unspecified atom stereocenters. The lowest BCUT2D eigenvalue weighted by atomic mass is 10.2. The molecule has 1 heterocycles. The number of pyridine rings is 1. The predicted molar refractivity (Wildman–Crippen MR) is 67.5 cm³/mol. The van der Waals surface area contributed by atoms with Gasteiger partial charge in [0.2, 0.25) is 5.88 Å². The number of halogens is 4. The molecule has 1 aromatic heterocycles. The van der Waals surface area contributed by atoms with Crippen molar-refractivity contribution in [2.24, 2.45) is 5.73 Å². The van der Waals surface area contributed by atoms with Crippen LogP contribution in [0.25, 0.3) is 0 Å². The molecule has 0 saturated carbocycles. The van der Waals surface area contributed by atoms with Crippen LogP contribution < -0.4 is 10.5 Å². The Hall–Kier alpha value is -1.10. The summed E-state index contributed by atoms with van der Waals surface area (Å²) in [6, 6.07) is 1.20. The van der Waals surface area contributed by atoms with Gasteiger partial charge in [-0.2, -0.15) is 0 Å². The molecule has 0 fully saturated rings. The van der Waals surface area contributed by atoms with Crippen molar-refractivity contribution in [2.45, 2.75) is 19.8 Å². The van der Waals surface area contributed by atoms with Crippen molar-refractivity contribution in [3.63, 3.8) is 0 Å². The summed E-state index contributed by atoms with van der Waals surface area (Å²) >= 11 is 1.58. The maximum Gasteiger partial charge on any atom is 0.574 e. The minimum absolute atomic E-state index is 0.0156. The quantitative estimate of drug-likeness (QED) is 0.631. The molecule has 0 aliphatic heterocycles. The van der Waals surface area contributed by atoms with Crippen molar-refractivity contribution in [3.8, 4) is 5.88 Å². The largest absolute Gasteiger partial charge is 0.574 e. The number of ether oxygens (including phenoxy) is 2. The summed E-state index contributed by atoms with van der Waals surface area (Å²) in [6.45, 7) is 1.54. The second kappa shape index (κ2) is 6.37. The Morgan fingerprint density at radius 2 is 2.16 bits per heavy atom. The number of esters is 1. The Bertz CT molecular complexity index is 480. The zero-order valence-corrected chi connectivity index (χ0v) is 11.9. The lowest BCUT2D eigenvalue weighted by Gasteiger charge is -2.13. The average Bonchev–Trinajstić information content (AvgIpc) is 2.29. The van der Waals surface area contributed by atoms with Crippen molar-refractivity contribution in [1.82, 2.24) is 4.98 Å². The highest BCUT2D eigenvalue weighted by atomic mass is 127. The molecule has 0 amide bonds. The van der Waals surface area contributed by atoms with Crippen LogP contribution in [-0.2, 0) is 11.3 Å². The molecule has 0 bridgehead atoms. The van der Waals surface area contributed by atoms with Crippen LogP contribution in [0, 0.1) is 3.57 Å². The van der Waals surface area contributed by atoms with Gasteiger partial charge in [0, 0.05) is 6.54 Å². The summed E-state index contributed by atoms with van der Waals surface area (Å²) in [4.78, 5) is 15.2. The van der Waals surface area contributed by atoms with E-state index in [0.29, 0.717) is 0 Å². The van der Waals surface area contributed by atoms with Gasteiger partial charge in [0.1, 0.15) is 0 Å². The summed E-state index contributed by atoms with van der Waals surface area (Å²) in [7, 11) is 0. The molecule has 5 nitrogen and oxygen atoms in total. The molecule has 106 valence electrons. The highest BCUT2D eigenvalue weighted by Crippen LogP contribution is 2.27. The Labute approximate surface area is 120 Å². The maximum atomic E-state index is 12.1. The first-order chi connectivity index (χ1) is 8.78. The molecule has 1 rings (SSSR count). The van der Waals surface area contributed by atoms with E-state index in [9.17, 15) is 18.0 Å². The number of hydrogen-bond donors (Lipinski definition) is 1. The van der Waals surface area contributed by atoms with Crippen LogP contribution in [0.3, 0.4) is 0 Å². The van der Waals surface area contributed by atoms with Gasteiger partial charge < -0.3 is 15.2 Å². The Morgan fingerprint density at radius 3 is 2.63 bits per heavy atom. The van der Waals surface area contributed by atoms with Crippen LogP contribution in [0.2, 0.25) is 0 Å². The van der Waals surface area contributed by atoms with E-state index in [1.165, 1.54) is 6.07 Å². The summed E-state index contributed by atoms with van der Waals surface area (Å²) in [5.41, 5.74) is 5.37. The first kappa shape index (κ1) is 16.0. The number of hydrogen-bond acceptors (Lipinski definition) is 5.